The molecule has 1 saturated carbocycles. The van der Waals surface area contributed by atoms with Gasteiger partial charge in [0.25, 0.3) is 5.91 Å². The standard InChI is InChI=1S/C24H23F2N3O4S/c1-32-23(31)16-4-8-20(9-5-16)33-19-6-2-15(3-7-19)22(30)27-24-29-28-21(34-24)12-14-10-17(25)13-18(26)11-14/h2-3,6-7,10-11,13,16,20H,4-5,8-9,12H2,1H3,(H,27,29,30)/t16-,20+. The average Bonchev–Trinajstić information content (AvgIpc) is 3.25. The Kier molecular flexibility index (Phi) is 7.46. The molecule has 1 fully saturated rings. The number of hydrogen-bond donors (Lipinski definition) is 1. The third-order valence-electron chi connectivity index (χ3n) is 5.59. The molecule has 34 heavy (non-hydrogen) atoms. The van der Waals surface area contributed by atoms with Gasteiger partial charge >= 0.3 is 5.97 Å². The quantitative estimate of drug-likeness (QED) is 0.483. The van der Waals surface area contributed by atoms with Crippen LogP contribution in [-0.2, 0) is 16.0 Å². The Morgan fingerprint density at radius 3 is 2.35 bits per heavy atom. The first kappa shape index (κ1) is 23.7. The molecule has 4 rings (SSSR count). The first-order valence-electron chi connectivity index (χ1n) is 10.8. The second-order valence-electron chi connectivity index (χ2n) is 8.05. The third-order valence-corrected chi connectivity index (χ3v) is 6.43. The third kappa shape index (κ3) is 6.13. The average molecular weight is 488 g/mol. The van der Waals surface area contributed by atoms with Crippen molar-refractivity contribution in [3.05, 3.63) is 70.2 Å². The maximum Gasteiger partial charge on any atom is 0.308 e. The van der Waals surface area contributed by atoms with Gasteiger partial charge in [-0.1, -0.05) is 11.3 Å². The van der Waals surface area contributed by atoms with Gasteiger partial charge < -0.3 is 9.47 Å². The van der Waals surface area contributed by atoms with E-state index in [1.165, 1.54) is 19.2 Å². The largest absolute Gasteiger partial charge is 0.490 e. The molecule has 0 spiro atoms. The van der Waals surface area contributed by atoms with Crippen molar-refractivity contribution in [1.82, 2.24) is 10.2 Å². The summed E-state index contributed by atoms with van der Waals surface area (Å²) in [6, 6.07) is 10.0. The molecule has 10 heteroatoms. The number of benzene rings is 2. The molecular weight excluding hydrogens is 464 g/mol. The van der Waals surface area contributed by atoms with Crippen LogP contribution in [0.3, 0.4) is 0 Å². The second kappa shape index (κ2) is 10.7. The Balaban J connectivity index is 1.29. The molecule has 1 heterocycles. The minimum atomic E-state index is -0.658. The predicted octanol–water partition coefficient (Wildman–Crippen LogP) is 4.77. The first-order valence-corrected chi connectivity index (χ1v) is 11.6. The molecule has 0 radical (unpaired) electrons. The minimum Gasteiger partial charge on any atom is -0.490 e. The molecule has 1 aromatic heterocycles. The Labute approximate surface area is 199 Å². The summed E-state index contributed by atoms with van der Waals surface area (Å²) in [5.41, 5.74) is 0.853. The SMILES string of the molecule is COC(=O)[C@H]1CC[C@@H](Oc2ccc(C(=O)Nc3nnc(Cc4cc(F)cc(F)c4)s3)cc2)CC1. The number of aromatic nitrogens is 2. The number of esters is 1. The van der Waals surface area contributed by atoms with Gasteiger partial charge in [-0.3, -0.25) is 14.9 Å². The highest BCUT2D eigenvalue weighted by atomic mass is 32.1. The normalized spacial score (nSPS) is 17.7. The van der Waals surface area contributed by atoms with Gasteiger partial charge in [0.2, 0.25) is 5.13 Å². The molecule has 2 aromatic carbocycles. The second-order valence-corrected chi connectivity index (χ2v) is 9.11. The summed E-state index contributed by atoms with van der Waals surface area (Å²) < 4.78 is 37.5. The maximum atomic E-state index is 13.4. The van der Waals surface area contributed by atoms with E-state index in [9.17, 15) is 18.4 Å². The Morgan fingerprint density at radius 1 is 1.03 bits per heavy atom. The number of carbonyl (C=O) groups excluding carboxylic acids is 2. The molecule has 1 amide bonds. The highest BCUT2D eigenvalue weighted by molar-refractivity contribution is 7.15. The van der Waals surface area contributed by atoms with E-state index in [-0.39, 0.29) is 30.3 Å². The number of rotatable bonds is 7. The highest BCUT2D eigenvalue weighted by Crippen LogP contribution is 2.28. The lowest BCUT2D eigenvalue weighted by molar-refractivity contribution is -0.147. The summed E-state index contributed by atoms with van der Waals surface area (Å²) in [7, 11) is 1.40. The van der Waals surface area contributed by atoms with Crippen LogP contribution in [0.5, 0.6) is 5.75 Å². The van der Waals surface area contributed by atoms with E-state index in [1.54, 1.807) is 24.3 Å². The fourth-order valence-corrected chi connectivity index (χ4v) is 4.66. The van der Waals surface area contributed by atoms with Gasteiger partial charge in [-0.25, -0.2) is 8.78 Å². The molecule has 3 aromatic rings. The van der Waals surface area contributed by atoms with Gasteiger partial charge in [0.1, 0.15) is 22.4 Å². The van der Waals surface area contributed by atoms with Gasteiger partial charge in [0.15, 0.2) is 0 Å². The van der Waals surface area contributed by atoms with Gasteiger partial charge in [-0.05, 0) is 67.6 Å². The molecular formula is C24H23F2N3O4S. The van der Waals surface area contributed by atoms with Gasteiger partial charge in [-0.15, -0.1) is 10.2 Å². The van der Waals surface area contributed by atoms with Crippen molar-refractivity contribution < 1.29 is 27.8 Å². The molecule has 7 nitrogen and oxygen atoms in total. The zero-order chi connectivity index (χ0) is 24.1. The van der Waals surface area contributed by atoms with Crippen LogP contribution in [0.1, 0.15) is 46.6 Å². The summed E-state index contributed by atoms with van der Waals surface area (Å²) in [5.74, 6) is -1.25. The smallest absolute Gasteiger partial charge is 0.308 e. The molecule has 0 saturated heterocycles. The van der Waals surface area contributed by atoms with Gasteiger partial charge in [0, 0.05) is 18.1 Å². The van der Waals surface area contributed by atoms with Crippen molar-refractivity contribution in [2.24, 2.45) is 5.92 Å². The number of anilines is 1. The monoisotopic (exact) mass is 487 g/mol. The topological polar surface area (TPSA) is 90.4 Å². The fourth-order valence-electron chi connectivity index (χ4n) is 3.89. The molecule has 1 aliphatic carbocycles. The molecule has 1 aliphatic rings. The minimum absolute atomic E-state index is 0.0203. The van der Waals surface area contributed by atoms with E-state index in [4.69, 9.17) is 9.47 Å². The lowest BCUT2D eigenvalue weighted by atomic mass is 9.87. The Hall–Kier alpha value is -3.40. The Bertz CT molecular complexity index is 1140. The van der Waals surface area contributed by atoms with E-state index in [0.29, 0.717) is 27.0 Å². The highest BCUT2D eigenvalue weighted by Gasteiger charge is 2.27. The number of nitrogens with zero attached hydrogens (tertiary/aromatic N) is 2. The molecule has 0 bridgehead atoms. The number of ether oxygens (including phenoxy) is 2. The van der Waals surface area contributed by atoms with E-state index in [0.717, 1.165) is 43.1 Å². The van der Waals surface area contributed by atoms with Crippen molar-refractivity contribution in [1.29, 1.82) is 0 Å². The summed E-state index contributed by atoms with van der Waals surface area (Å²) in [5, 5.41) is 11.4. The summed E-state index contributed by atoms with van der Waals surface area (Å²) in [6.07, 6.45) is 3.22. The van der Waals surface area contributed by atoms with Crippen molar-refractivity contribution >= 4 is 28.3 Å². The van der Waals surface area contributed by atoms with Crippen LogP contribution < -0.4 is 10.1 Å². The number of amides is 1. The number of halogens is 2. The van der Waals surface area contributed by atoms with Crippen LogP contribution in [0.25, 0.3) is 0 Å². The first-order chi connectivity index (χ1) is 16.4. The van der Waals surface area contributed by atoms with Crippen molar-refractivity contribution in [3.63, 3.8) is 0 Å². The summed E-state index contributed by atoms with van der Waals surface area (Å²) in [4.78, 5) is 24.2. The lowest BCUT2D eigenvalue weighted by Crippen LogP contribution is -2.28. The van der Waals surface area contributed by atoms with Gasteiger partial charge in [-0.2, -0.15) is 0 Å². The molecule has 1 N–H and O–H groups in total. The lowest BCUT2D eigenvalue weighted by Gasteiger charge is -2.27. The molecule has 178 valence electrons. The zero-order valence-electron chi connectivity index (χ0n) is 18.4. The predicted molar refractivity (Wildman–Crippen MR) is 122 cm³/mol. The molecule has 0 atom stereocenters. The molecule has 0 aliphatic heterocycles. The van der Waals surface area contributed by atoms with E-state index < -0.39 is 11.6 Å². The van der Waals surface area contributed by atoms with Crippen molar-refractivity contribution in [2.75, 3.05) is 12.4 Å². The van der Waals surface area contributed by atoms with Crippen LogP contribution in [0.2, 0.25) is 0 Å². The Morgan fingerprint density at radius 2 is 1.71 bits per heavy atom. The van der Waals surface area contributed by atoms with Crippen LogP contribution in [0, 0.1) is 17.6 Å². The van der Waals surface area contributed by atoms with E-state index in [2.05, 4.69) is 15.5 Å². The number of nitrogens with one attached hydrogen (secondary N) is 1. The summed E-state index contributed by atoms with van der Waals surface area (Å²) in [6.45, 7) is 0. The zero-order valence-corrected chi connectivity index (χ0v) is 19.2. The maximum absolute atomic E-state index is 13.4. The van der Waals surface area contributed by atoms with Crippen molar-refractivity contribution in [2.45, 2.75) is 38.2 Å². The van der Waals surface area contributed by atoms with Crippen molar-refractivity contribution in [3.8, 4) is 5.75 Å². The van der Waals surface area contributed by atoms with E-state index >= 15 is 0 Å². The summed E-state index contributed by atoms with van der Waals surface area (Å²) >= 11 is 1.14. The fraction of sp³-hybridized carbons (Fsp3) is 0.333. The van der Waals surface area contributed by atoms with Crippen LogP contribution >= 0.6 is 11.3 Å². The molecule has 0 unspecified atom stereocenters. The number of carbonyl (C=O) groups is 2. The van der Waals surface area contributed by atoms with Crippen LogP contribution in [-0.4, -0.2) is 35.3 Å². The van der Waals surface area contributed by atoms with Crippen LogP contribution in [0.15, 0.2) is 42.5 Å². The van der Waals surface area contributed by atoms with Crippen LogP contribution in [0.4, 0.5) is 13.9 Å². The van der Waals surface area contributed by atoms with Gasteiger partial charge in [0.05, 0.1) is 19.1 Å². The number of methoxy groups -OCH3 is 1. The van der Waals surface area contributed by atoms with E-state index in [1.807, 2.05) is 0 Å². The number of hydrogen-bond acceptors (Lipinski definition) is 7.